The summed E-state index contributed by atoms with van der Waals surface area (Å²) in [6.07, 6.45) is 0. The third-order valence-electron chi connectivity index (χ3n) is 1.47. The molecule has 0 fully saturated rings. The van der Waals surface area contributed by atoms with Gasteiger partial charge in [-0.25, -0.2) is 8.42 Å². The van der Waals surface area contributed by atoms with E-state index in [-0.39, 0.29) is 22.4 Å². The lowest BCUT2D eigenvalue weighted by molar-refractivity contribution is 0.0438. The van der Waals surface area contributed by atoms with Crippen LogP contribution in [0.1, 0.15) is 0 Å². The minimum atomic E-state index is -3.78. The van der Waals surface area contributed by atoms with Gasteiger partial charge in [-0.3, -0.25) is 4.84 Å². The van der Waals surface area contributed by atoms with Gasteiger partial charge in [-0.2, -0.15) is 0 Å². The summed E-state index contributed by atoms with van der Waals surface area (Å²) in [6, 6.07) is 1.26. The van der Waals surface area contributed by atoms with Crippen LogP contribution in [-0.4, -0.2) is 28.7 Å². The fourth-order valence-electron chi connectivity index (χ4n) is 0.798. The molecule has 1 heterocycles. The van der Waals surface area contributed by atoms with Gasteiger partial charge in [0.05, 0.1) is 17.6 Å². The lowest BCUT2D eigenvalue weighted by atomic mass is 10.7. The first-order valence-electron chi connectivity index (χ1n) is 4.04. The van der Waals surface area contributed by atoms with Crippen molar-refractivity contribution in [3.63, 3.8) is 0 Å². The Balaban J connectivity index is 2.67. The van der Waals surface area contributed by atoms with E-state index in [1.807, 2.05) is 4.89 Å². The van der Waals surface area contributed by atoms with Crippen LogP contribution in [0.5, 0.6) is 0 Å². The zero-order valence-corrected chi connectivity index (χ0v) is 11.3. The van der Waals surface area contributed by atoms with Crippen LogP contribution < -0.4 is 4.89 Å². The molecule has 1 N–H and O–H groups in total. The van der Waals surface area contributed by atoms with Gasteiger partial charge in [0, 0.05) is 7.11 Å². The van der Waals surface area contributed by atoms with Gasteiger partial charge in [-0.1, -0.05) is 28.1 Å². The molecule has 0 aliphatic heterocycles. The highest BCUT2D eigenvalue weighted by Crippen LogP contribution is 2.33. The quantitative estimate of drug-likeness (QED) is 0.644. The zero-order chi connectivity index (χ0) is 12.2. The SMILES string of the molecule is COCCONS(=O)(=O)c1cc(Cl)sc1Cl. The number of halogens is 2. The molecule has 0 saturated carbocycles. The Labute approximate surface area is 107 Å². The predicted octanol–water partition coefficient (Wildman–Crippen LogP) is 1.91. The second kappa shape index (κ2) is 6.15. The van der Waals surface area contributed by atoms with Crippen molar-refractivity contribution in [2.45, 2.75) is 4.90 Å². The van der Waals surface area contributed by atoms with Gasteiger partial charge < -0.3 is 4.74 Å². The third kappa shape index (κ3) is 3.85. The molecule has 92 valence electrons. The molecular formula is C7H9Cl2NO4S2. The molecule has 5 nitrogen and oxygen atoms in total. The van der Waals surface area contributed by atoms with Crippen LogP contribution in [0.15, 0.2) is 11.0 Å². The molecule has 0 saturated heterocycles. The maximum atomic E-state index is 11.6. The van der Waals surface area contributed by atoms with Crippen molar-refractivity contribution in [3.8, 4) is 0 Å². The Bertz CT molecular complexity index is 445. The van der Waals surface area contributed by atoms with Crippen molar-refractivity contribution in [2.75, 3.05) is 20.3 Å². The van der Waals surface area contributed by atoms with Gasteiger partial charge in [0.1, 0.15) is 9.23 Å². The van der Waals surface area contributed by atoms with E-state index >= 15 is 0 Å². The first kappa shape index (κ1) is 14.2. The van der Waals surface area contributed by atoms with Gasteiger partial charge in [-0.15, -0.1) is 11.3 Å². The first-order chi connectivity index (χ1) is 7.47. The molecule has 16 heavy (non-hydrogen) atoms. The predicted molar refractivity (Wildman–Crippen MR) is 62.5 cm³/mol. The maximum Gasteiger partial charge on any atom is 0.264 e. The lowest BCUT2D eigenvalue weighted by Crippen LogP contribution is -2.25. The first-order valence-corrected chi connectivity index (χ1v) is 7.10. The second-order valence-corrected chi connectivity index (χ2v) is 6.52. The van der Waals surface area contributed by atoms with Gasteiger partial charge in [0.25, 0.3) is 10.0 Å². The molecule has 0 aliphatic rings. The van der Waals surface area contributed by atoms with Gasteiger partial charge in [-0.05, 0) is 6.07 Å². The molecule has 0 aliphatic carbocycles. The van der Waals surface area contributed by atoms with Crippen LogP contribution >= 0.6 is 34.5 Å². The summed E-state index contributed by atoms with van der Waals surface area (Å²) in [5, 5.41) is 0. The second-order valence-electron chi connectivity index (χ2n) is 2.62. The van der Waals surface area contributed by atoms with E-state index in [1.165, 1.54) is 13.2 Å². The van der Waals surface area contributed by atoms with E-state index in [9.17, 15) is 8.42 Å². The van der Waals surface area contributed by atoms with E-state index in [1.54, 1.807) is 0 Å². The molecule has 9 heteroatoms. The molecular weight excluding hydrogens is 297 g/mol. The van der Waals surface area contributed by atoms with Crippen LogP contribution in [0.3, 0.4) is 0 Å². The average molecular weight is 306 g/mol. The van der Waals surface area contributed by atoms with Crippen molar-refractivity contribution < 1.29 is 18.0 Å². The van der Waals surface area contributed by atoms with E-state index in [0.29, 0.717) is 4.34 Å². The summed E-state index contributed by atoms with van der Waals surface area (Å²) in [7, 11) is -2.30. The van der Waals surface area contributed by atoms with Crippen molar-refractivity contribution in [3.05, 3.63) is 14.7 Å². The number of thiophene rings is 1. The van der Waals surface area contributed by atoms with Crippen molar-refractivity contribution in [1.82, 2.24) is 4.89 Å². The largest absolute Gasteiger partial charge is 0.382 e. The number of sulfonamides is 1. The zero-order valence-electron chi connectivity index (χ0n) is 8.20. The minimum absolute atomic E-state index is 0.0906. The molecule has 1 rings (SSSR count). The lowest BCUT2D eigenvalue weighted by Gasteiger charge is -2.05. The van der Waals surface area contributed by atoms with Crippen LogP contribution in [0.2, 0.25) is 8.67 Å². The average Bonchev–Trinajstić information content (AvgIpc) is 2.53. The van der Waals surface area contributed by atoms with E-state index in [4.69, 9.17) is 28.0 Å². The molecule has 0 radical (unpaired) electrons. The molecule has 0 atom stereocenters. The number of ether oxygens (including phenoxy) is 1. The van der Waals surface area contributed by atoms with Crippen molar-refractivity contribution >= 4 is 44.6 Å². The Morgan fingerprint density at radius 1 is 1.44 bits per heavy atom. The number of hydrogen-bond donors (Lipinski definition) is 1. The highest BCUT2D eigenvalue weighted by Gasteiger charge is 2.20. The highest BCUT2D eigenvalue weighted by atomic mass is 35.5. The Morgan fingerprint density at radius 3 is 2.62 bits per heavy atom. The molecule has 1 aromatic rings. The van der Waals surface area contributed by atoms with Crippen LogP contribution in [0.4, 0.5) is 0 Å². The van der Waals surface area contributed by atoms with Gasteiger partial charge in [0.15, 0.2) is 0 Å². The monoisotopic (exact) mass is 305 g/mol. The third-order valence-corrected chi connectivity index (χ3v) is 4.44. The fraction of sp³-hybridized carbons (Fsp3) is 0.429. The van der Waals surface area contributed by atoms with Gasteiger partial charge in [0.2, 0.25) is 0 Å². The van der Waals surface area contributed by atoms with Crippen LogP contribution in [0.25, 0.3) is 0 Å². The standard InChI is InChI=1S/C7H9Cl2NO4S2/c1-13-2-3-14-10-16(11,12)5-4-6(8)15-7(5)9/h4,10H,2-3H2,1H3. The summed E-state index contributed by atoms with van der Waals surface area (Å²) in [6.45, 7) is 0.381. The van der Waals surface area contributed by atoms with Crippen molar-refractivity contribution in [1.29, 1.82) is 0 Å². The van der Waals surface area contributed by atoms with Crippen molar-refractivity contribution in [2.24, 2.45) is 0 Å². The number of methoxy groups -OCH3 is 1. The highest BCUT2D eigenvalue weighted by molar-refractivity contribution is 7.89. The molecule has 0 bridgehead atoms. The summed E-state index contributed by atoms with van der Waals surface area (Å²) in [5.74, 6) is 0. The normalized spacial score (nSPS) is 11.9. The minimum Gasteiger partial charge on any atom is -0.382 e. The van der Waals surface area contributed by atoms with E-state index < -0.39 is 10.0 Å². The smallest absolute Gasteiger partial charge is 0.264 e. The summed E-state index contributed by atoms with van der Waals surface area (Å²) in [5.41, 5.74) is 0. The Hall–Kier alpha value is 0.110. The van der Waals surface area contributed by atoms with Gasteiger partial charge >= 0.3 is 0 Å². The fourth-order valence-corrected chi connectivity index (χ4v) is 3.78. The Morgan fingerprint density at radius 2 is 2.12 bits per heavy atom. The van der Waals surface area contributed by atoms with Crippen LogP contribution in [0, 0.1) is 0 Å². The number of hydrogen-bond acceptors (Lipinski definition) is 5. The van der Waals surface area contributed by atoms with Crippen LogP contribution in [-0.2, 0) is 19.6 Å². The molecule has 0 unspecified atom stereocenters. The number of rotatable bonds is 6. The van der Waals surface area contributed by atoms with E-state index in [2.05, 4.69) is 4.74 Å². The number of nitrogens with one attached hydrogen (secondary N) is 1. The summed E-state index contributed by atoms with van der Waals surface area (Å²) >= 11 is 12.3. The molecule has 0 spiro atoms. The molecule has 0 amide bonds. The maximum absolute atomic E-state index is 11.6. The molecule has 0 aromatic carbocycles. The Kier molecular flexibility index (Phi) is 5.45. The summed E-state index contributed by atoms with van der Waals surface area (Å²) < 4.78 is 28.3. The van der Waals surface area contributed by atoms with E-state index in [0.717, 1.165) is 11.3 Å². The topological polar surface area (TPSA) is 64.6 Å². The summed E-state index contributed by atoms with van der Waals surface area (Å²) in [4.78, 5) is 6.52. The molecule has 1 aromatic heterocycles.